The Bertz CT molecular complexity index is 589. The molecule has 2 aromatic rings. The van der Waals surface area contributed by atoms with Crippen molar-refractivity contribution in [3.63, 3.8) is 0 Å². The van der Waals surface area contributed by atoms with E-state index in [9.17, 15) is 13.2 Å². The van der Waals surface area contributed by atoms with Gasteiger partial charge < -0.3 is 10.1 Å². The summed E-state index contributed by atoms with van der Waals surface area (Å²) in [6, 6.07) is 12.5. The molecule has 0 aliphatic rings. The third-order valence-electron chi connectivity index (χ3n) is 3.06. The lowest BCUT2D eigenvalue weighted by atomic mass is 10.0. The Morgan fingerprint density at radius 1 is 1.10 bits per heavy atom. The number of alkyl halides is 2. The van der Waals surface area contributed by atoms with Gasteiger partial charge in [-0.15, -0.1) is 0 Å². The van der Waals surface area contributed by atoms with Crippen LogP contribution in [0.4, 0.5) is 18.9 Å². The summed E-state index contributed by atoms with van der Waals surface area (Å²) >= 11 is 0. The molecule has 2 aromatic carbocycles. The molecule has 1 N–H and O–H groups in total. The van der Waals surface area contributed by atoms with Gasteiger partial charge in [-0.3, -0.25) is 0 Å². The number of rotatable bonds is 6. The van der Waals surface area contributed by atoms with E-state index >= 15 is 0 Å². The molecule has 0 saturated heterocycles. The summed E-state index contributed by atoms with van der Waals surface area (Å²) in [4.78, 5) is 0. The Morgan fingerprint density at radius 2 is 1.86 bits per heavy atom. The maximum atomic E-state index is 13.3. The topological polar surface area (TPSA) is 21.3 Å². The summed E-state index contributed by atoms with van der Waals surface area (Å²) in [7, 11) is 0. The fraction of sp³-hybridized carbons (Fsp3) is 0.250. The van der Waals surface area contributed by atoms with Crippen LogP contribution in [0.1, 0.15) is 24.9 Å². The van der Waals surface area contributed by atoms with E-state index in [0.717, 1.165) is 12.0 Å². The number of halogens is 3. The average molecular weight is 295 g/mol. The first-order valence-corrected chi connectivity index (χ1v) is 6.65. The highest BCUT2D eigenvalue weighted by Crippen LogP contribution is 2.26. The third-order valence-corrected chi connectivity index (χ3v) is 3.06. The van der Waals surface area contributed by atoms with Crippen molar-refractivity contribution in [2.75, 3.05) is 5.32 Å². The highest BCUT2D eigenvalue weighted by molar-refractivity contribution is 5.50. The van der Waals surface area contributed by atoms with E-state index in [0.29, 0.717) is 5.69 Å². The second kappa shape index (κ2) is 7.02. The van der Waals surface area contributed by atoms with Crippen molar-refractivity contribution in [3.8, 4) is 5.75 Å². The summed E-state index contributed by atoms with van der Waals surface area (Å²) in [5.74, 6) is -0.216. The van der Waals surface area contributed by atoms with Crippen LogP contribution in [0.3, 0.4) is 0 Å². The molecule has 0 aliphatic carbocycles. The normalized spacial score (nSPS) is 12.2. The van der Waals surface area contributed by atoms with Crippen LogP contribution in [0.2, 0.25) is 0 Å². The monoisotopic (exact) mass is 295 g/mol. The molecule has 0 bridgehead atoms. The Labute approximate surface area is 121 Å². The highest BCUT2D eigenvalue weighted by Gasteiger charge is 2.11. The quantitative estimate of drug-likeness (QED) is 0.810. The fourth-order valence-corrected chi connectivity index (χ4v) is 2.11. The van der Waals surface area contributed by atoms with E-state index in [1.54, 1.807) is 18.2 Å². The first kappa shape index (κ1) is 15.2. The summed E-state index contributed by atoms with van der Waals surface area (Å²) in [6.45, 7) is -0.896. The number of benzene rings is 2. The zero-order valence-corrected chi connectivity index (χ0v) is 11.5. The van der Waals surface area contributed by atoms with Gasteiger partial charge in [-0.1, -0.05) is 25.1 Å². The van der Waals surface area contributed by atoms with Crippen LogP contribution >= 0.6 is 0 Å². The predicted octanol–water partition coefficient (Wildman–Crippen LogP) is 4.99. The maximum Gasteiger partial charge on any atom is 0.387 e. The second-order valence-electron chi connectivity index (χ2n) is 4.57. The van der Waals surface area contributed by atoms with Crippen molar-refractivity contribution in [3.05, 3.63) is 59.9 Å². The van der Waals surface area contributed by atoms with Gasteiger partial charge in [0.25, 0.3) is 0 Å². The highest BCUT2D eigenvalue weighted by atomic mass is 19.3. The Balaban J connectivity index is 2.15. The lowest BCUT2D eigenvalue weighted by Gasteiger charge is -2.19. The van der Waals surface area contributed by atoms with Gasteiger partial charge in [0.1, 0.15) is 11.6 Å². The first-order valence-electron chi connectivity index (χ1n) is 6.65. The van der Waals surface area contributed by atoms with Crippen LogP contribution in [0.5, 0.6) is 5.75 Å². The van der Waals surface area contributed by atoms with Gasteiger partial charge in [0.2, 0.25) is 0 Å². The van der Waals surface area contributed by atoms with Crippen molar-refractivity contribution < 1.29 is 17.9 Å². The molecule has 0 aliphatic heterocycles. The summed E-state index contributed by atoms with van der Waals surface area (Å²) in [5, 5.41) is 3.19. The Kier molecular flexibility index (Phi) is 5.09. The van der Waals surface area contributed by atoms with Crippen molar-refractivity contribution in [1.82, 2.24) is 0 Å². The molecule has 2 rings (SSSR count). The van der Waals surface area contributed by atoms with Gasteiger partial charge in [-0.25, -0.2) is 4.39 Å². The van der Waals surface area contributed by atoms with Crippen molar-refractivity contribution >= 4 is 5.69 Å². The average Bonchev–Trinajstić information content (AvgIpc) is 2.44. The van der Waals surface area contributed by atoms with Crippen LogP contribution < -0.4 is 10.1 Å². The minimum atomic E-state index is -2.86. The maximum absolute atomic E-state index is 13.3. The minimum Gasteiger partial charge on any atom is -0.435 e. The molecule has 5 heteroatoms. The van der Waals surface area contributed by atoms with Crippen LogP contribution in [0.25, 0.3) is 0 Å². The number of nitrogens with one attached hydrogen (secondary N) is 1. The summed E-state index contributed by atoms with van der Waals surface area (Å²) in [5.41, 5.74) is 1.45. The van der Waals surface area contributed by atoms with Crippen molar-refractivity contribution in [1.29, 1.82) is 0 Å². The van der Waals surface area contributed by atoms with E-state index < -0.39 is 6.61 Å². The predicted molar refractivity (Wildman–Crippen MR) is 76.1 cm³/mol. The number of hydrogen-bond acceptors (Lipinski definition) is 2. The number of hydrogen-bond donors (Lipinski definition) is 1. The zero-order valence-electron chi connectivity index (χ0n) is 11.5. The molecular weight excluding hydrogens is 279 g/mol. The van der Waals surface area contributed by atoms with Gasteiger partial charge in [-0.2, -0.15) is 8.78 Å². The molecule has 21 heavy (non-hydrogen) atoms. The Hall–Kier alpha value is -2.17. The van der Waals surface area contributed by atoms with Crippen LogP contribution in [-0.4, -0.2) is 6.61 Å². The van der Waals surface area contributed by atoms with Crippen LogP contribution in [-0.2, 0) is 0 Å². The molecule has 1 atom stereocenters. The minimum absolute atomic E-state index is 0.0871. The summed E-state index contributed by atoms with van der Waals surface area (Å²) in [6.07, 6.45) is 0.726. The third kappa shape index (κ3) is 4.41. The molecule has 2 nitrogen and oxygen atoms in total. The second-order valence-corrected chi connectivity index (χ2v) is 4.57. The molecule has 0 aromatic heterocycles. The smallest absolute Gasteiger partial charge is 0.387 e. The standard InChI is InChI=1S/C16H16F3NO/c1-2-15(11-5-3-6-12(17)9-11)20-13-7-4-8-14(10-13)21-16(18)19/h3-10,15-16,20H,2H2,1H3. The van der Waals surface area contributed by atoms with E-state index in [1.165, 1.54) is 24.3 Å². The van der Waals surface area contributed by atoms with Crippen LogP contribution in [0.15, 0.2) is 48.5 Å². The fourth-order valence-electron chi connectivity index (χ4n) is 2.11. The molecule has 0 spiro atoms. The van der Waals surface area contributed by atoms with E-state index in [-0.39, 0.29) is 17.6 Å². The van der Waals surface area contributed by atoms with Gasteiger partial charge in [-0.05, 0) is 36.2 Å². The van der Waals surface area contributed by atoms with Gasteiger partial charge in [0.15, 0.2) is 0 Å². The molecule has 112 valence electrons. The molecule has 0 radical (unpaired) electrons. The van der Waals surface area contributed by atoms with E-state index in [1.807, 2.05) is 13.0 Å². The van der Waals surface area contributed by atoms with E-state index in [2.05, 4.69) is 10.1 Å². The largest absolute Gasteiger partial charge is 0.435 e. The molecule has 0 heterocycles. The Morgan fingerprint density at radius 3 is 2.52 bits per heavy atom. The van der Waals surface area contributed by atoms with E-state index in [4.69, 9.17) is 0 Å². The number of ether oxygens (including phenoxy) is 1. The van der Waals surface area contributed by atoms with Gasteiger partial charge in [0.05, 0.1) is 6.04 Å². The first-order chi connectivity index (χ1) is 10.1. The lowest BCUT2D eigenvalue weighted by Crippen LogP contribution is -2.10. The van der Waals surface area contributed by atoms with Gasteiger partial charge >= 0.3 is 6.61 Å². The molecule has 0 amide bonds. The molecule has 0 fully saturated rings. The number of anilines is 1. The zero-order chi connectivity index (χ0) is 15.2. The summed E-state index contributed by atoms with van der Waals surface area (Å²) < 4.78 is 42.1. The van der Waals surface area contributed by atoms with Crippen molar-refractivity contribution in [2.45, 2.75) is 26.0 Å². The lowest BCUT2D eigenvalue weighted by molar-refractivity contribution is -0.0498. The molecule has 0 saturated carbocycles. The molecular formula is C16H16F3NO. The molecule has 1 unspecified atom stereocenters. The van der Waals surface area contributed by atoms with Crippen LogP contribution in [0, 0.1) is 5.82 Å². The van der Waals surface area contributed by atoms with Crippen molar-refractivity contribution in [2.24, 2.45) is 0 Å². The SMILES string of the molecule is CCC(Nc1cccc(OC(F)F)c1)c1cccc(F)c1. The van der Waals surface area contributed by atoms with Gasteiger partial charge in [0, 0.05) is 11.8 Å².